The van der Waals surface area contributed by atoms with E-state index in [1.165, 1.54) is 30.5 Å². The summed E-state index contributed by atoms with van der Waals surface area (Å²) in [6.07, 6.45) is 5.79. The van der Waals surface area contributed by atoms with E-state index in [9.17, 15) is 14.0 Å². The van der Waals surface area contributed by atoms with E-state index < -0.39 is 17.6 Å². The summed E-state index contributed by atoms with van der Waals surface area (Å²) in [6.45, 7) is 0. The number of H-pyrrole nitrogens is 1. The molecule has 2 N–H and O–H groups in total. The molecule has 0 aliphatic carbocycles. The number of halogens is 1. The second kappa shape index (κ2) is 7.52. The van der Waals surface area contributed by atoms with Crippen molar-refractivity contribution in [1.82, 2.24) is 9.97 Å². The lowest BCUT2D eigenvalue weighted by molar-refractivity contribution is -0.131. The van der Waals surface area contributed by atoms with Crippen molar-refractivity contribution in [3.05, 3.63) is 95.6 Å². The van der Waals surface area contributed by atoms with Gasteiger partial charge in [-0.2, -0.15) is 0 Å². The molecule has 4 aromatic rings. The summed E-state index contributed by atoms with van der Waals surface area (Å²) in [5.41, 5.74) is 3.29. The summed E-state index contributed by atoms with van der Waals surface area (Å²) in [5, 5.41) is 9.31. The predicted molar refractivity (Wildman–Crippen MR) is 108 cm³/mol. The summed E-state index contributed by atoms with van der Waals surface area (Å²) in [4.78, 5) is 30.8. The number of carboxylic acid groups (broad SMARTS) is 1. The summed E-state index contributed by atoms with van der Waals surface area (Å²) < 4.78 is 14.0. The third-order valence-electron chi connectivity index (χ3n) is 4.56. The minimum Gasteiger partial charge on any atom is -0.478 e. The average Bonchev–Trinajstić information content (AvgIpc) is 3.16. The molecule has 6 heteroatoms. The second-order valence-electron chi connectivity index (χ2n) is 6.43. The first-order valence-electron chi connectivity index (χ1n) is 8.81. The molecule has 0 atom stereocenters. The molecule has 0 radical (unpaired) electrons. The Bertz CT molecular complexity index is 1260. The van der Waals surface area contributed by atoms with Gasteiger partial charge in [0.15, 0.2) is 5.78 Å². The normalized spacial score (nSPS) is 11.2. The van der Waals surface area contributed by atoms with Crippen molar-refractivity contribution in [1.29, 1.82) is 0 Å². The highest BCUT2D eigenvalue weighted by Gasteiger charge is 2.18. The van der Waals surface area contributed by atoms with Crippen molar-refractivity contribution in [2.24, 2.45) is 0 Å². The van der Waals surface area contributed by atoms with Crippen molar-refractivity contribution in [3.8, 4) is 11.1 Å². The number of aromatic nitrogens is 2. The first-order valence-corrected chi connectivity index (χ1v) is 8.81. The third kappa shape index (κ3) is 3.68. The van der Waals surface area contributed by atoms with E-state index in [2.05, 4.69) is 9.97 Å². The van der Waals surface area contributed by atoms with Gasteiger partial charge in [0.25, 0.3) is 0 Å². The molecule has 0 unspecified atom stereocenters. The zero-order valence-corrected chi connectivity index (χ0v) is 15.1. The van der Waals surface area contributed by atoms with Gasteiger partial charge in [-0.15, -0.1) is 0 Å². The number of fused-ring (bicyclic) bond motifs is 1. The number of carboxylic acids is 1. The molecule has 0 amide bonds. The maximum Gasteiger partial charge on any atom is 0.328 e. The summed E-state index contributed by atoms with van der Waals surface area (Å²) in [6, 6.07) is 15.0. The molecule has 0 aliphatic rings. The van der Waals surface area contributed by atoms with Crippen LogP contribution in [0.1, 0.15) is 21.5 Å². The summed E-state index contributed by atoms with van der Waals surface area (Å²) in [7, 11) is 0. The number of aliphatic carboxylic acids is 1. The first-order chi connectivity index (χ1) is 14.0. The molecule has 2 heterocycles. The molecule has 0 aliphatic heterocycles. The predicted octanol–water partition coefficient (Wildman–Crippen LogP) is 4.70. The number of ketones is 1. The number of benzene rings is 2. The van der Waals surface area contributed by atoms with E-state index in [0.717, 1.165) is 22.8 Å². The van der Waals surface area contributed by atoms with Crippen LogP contribution in [0.25, 0.3) is 28.2 Å². The molecule has 0 bridgehead atoms. The van der Waals surface area contributed by atoms with Crippen molar-refractivity contribution in [2.75, 3.05) is 0 Å². The fourth-order valence-corrected chi connectivity index (χ4v) is 3.09. The van der Waals surface area contributed by atoms with Crippen LogP contribution < -0.4 is 0 Å². The Morgan fingerprint density at radius 3 is 2.48 bits per heavy atom. The monoisotopic (exact) mass is 386 g/mol. The number of carbonyl (C=O) groups is 2. The minimum absolute atomic E-state index is 0.00775. The fourth-order valence-electron chi connectivity index (χ4n) is 3.09. The van der Waals surface area contributed by atoms with Crippen LogP contribution in [0, 0.1) is 5.82 Å². The van der Waals surface area contributed by atoms with Crippen LogP contribution in [-0.4, -0.2) is 26.8 Å². The van der Waals surface area contributed by atoms with Crippen molar-refractivity contribution in [2.45, 2.75) is 0 Å². The van der Waals surface area contributed by atoms with E-state index in [1.807, 2.05) is 18.2 Å². The van der Waals surface area contributed by atoms with Gasteiger partial charge >= 0.3 is 5.97 Å². The van der Waals surface area contributed by atoms with E-state index in [1.54, 1.807) is 24.4 Å². The van der Waals surface area contributed by atoms with Gasteiger partial charge < -0.3 is 10.1 Å². The molecular weight excluding hydrogens is 371 g/mol. The number of rotatable bonds is 5. The lowest BCUT2D eigenvalue weighted by Crippen LogP contribution is -2.03. The van der Waals surface area contributed by atoms with E-state index in [0.29, 0.717) is 16.6 Å². The Morgan fingerprint density at radius 1 is 1.00 bits per heavy atom. The lowest BCUT2D eigenvalue weighted by atomic mass is 10.0. The molecule has 4 rings (SSSR count). The fraction of sp³-hybridized carbons (Fsp3) is 0. The molecular formula is C23H15FN2O3. The van der Waals surface area contributed by atoms with Gasteiger partial charge in [0, 0.05) is 35.0 Å². The molecule has 2 aromatic carbocycles. The number of hydrogen-bond donors (Lipinski definition) is 2. The number of pyridine rings is 1. The maximum absolute atomic E-state index is 14.0. The number of nitrogens with zero attached hydrogens (tertiary/aromatic N) is 1. The van der Waals surface area contributed by atoms with E-state index in [-0.39, 0.29) is 5.56 Å². The molecule has 5 nitrogen and oxygen atoms in total. The Hall–Kier alpha value is -4.06. The van der Waals surface area contributed by atoms with Gasteiger partial charge in [0.05, 0.1) is 5.56 Å². The first kappa shape index (κ1) is 18.3. The van der Waals surface area contributed by atoms with Crippen molar-refractivity contribution in [3.63, 3.8) is 0 Å². The Morgan fingerprint density at radius 2 is 1.76 bits per heavy atom. The lowest BCUT2D eigenvalue weighted by Gasteiger charge is -2.04. The van der Waals surface area contributed by atoms with Crippen LogP contribution >= 0.6 is 0 Å². The maximum atomic E-state index is 14.0. The zero-order valence-electron chi connectivity index (χ0n) is 15.1. The number of aromatic amines is 1. The van der Waals surface area contributed by atoms with E-state index >= 15 is 0 Å². The molecule has 0 saturated carbocycles. The van der Waals surface area contributed by atoms with Crippen LogP contribution in [-0.2, 0) is 4.79 Å². The molecule has 29 heavy (non-hydrogen) atoms. The standard InChI is InChI=1S/C23H15FN2O3/c24-20-4-2-1-3-17(20)22(29)19-13-26-23-18(19)11-16(12-25-23)15-8-5-14(6-9-15)7-10-21(27)28/h1-13H,(H,25,26)(H,27,28). The van der Waals surface area contributed by atoms with Gasteiger partial charge in [-0.05, 0) is 35.4 Å². The van der Waals surface area contributed by atoms with Gasteiger partial charge in [0.2, 0.25) is 0 Å². The number of nitrogens with one attached hydrogen (secondary N) is 1. The molecule has 0 saturated heterocycles. The Labute approximate surface area is 165 Å². The quantitative estimate of drug-likeness (QED) is 0.385. The average molecular weight is 386 g/mol. The molecule has 0 fully saturated rings. The highest BCUT2D eigenvalue weighted by atomic mass is 19.1. The summed E-state index contributed by atoms with van der Waals surface area (Å²) in [5.74, 6) is -1.99. The van der Waals surface area contributed by atoms with Crippen LogP contribution in [0.2, 0.25) is 0 Å². The van der Waals surface area contributed by atoms with Crippen molar-refractivity contribution < 1.29 is 19.1 Å². The smallest absolute Gasteiger partial charge is 0.328 e. The highest BCUT2D eigenvalue weighted by molar-refractivity contribution is 6.16. The summed E-state index contributed by atoms with van der Waals surface area (Å²) >= 11 is 0. The largest absolute Gasteiger partial charge is 0.478 e. The minimum atomic E-state index is -1.01. The topological polar surface area (TPSA) is 83.0 Å². The SMILES string of the molecule is O=C(O)C=Cc1ccc(-c2cnc3[nH]cc(C(=O)c4ccccc4F)c3c2)cc1. The number of carbonyl (C=O) groups excluding carboxylic acids is 1. The van der Waals surface area contributed by atoms with Crippen molar-refractivity contribution >= 4 is 28.9 Å². The van der Waals surface area contributed by atoms with Gasteiger partial charge in [-0.3, -0.25) is 4.79 Å². The molecule has 2 aromatic heterocycles. The van der Waals surface area contributed by atoms with Crippen LogP contribution in [0.4, 0.5) is 4.39 Å². The van der Waals surface area contributed by atoms with Crippen LogP contribution in [0.5, 0.6) is 0 Å². The van der Waals surface area contributed by atoms with Gasteiger partial charge in [0.1, 0.15) is 11.5 Å². The van der Waals surface area contributed by atoms with Gasteiger partial charge in [-0.25, -0.2) is 14.2 Å². The Balaban J connectivity index is 1.71. The highest BCUT2D eigenvalue weighted by Crippen LogP contribution is 2.27. The van der Waals surface area contributed by atoms with E-state index in [4.69, 9.17) is 5.11 Å². The molecule has 0 spiro atoms. The second-order valence-corrected chi connectivity index (χ2v) is 6.43. The van der Waals surface area contributed by atoms with Crippen LogP contribution in [0.3, 0.4) is 0 Å². The van der Waals surface area contributed by atoms with Gasteiger partial charge in [-0.1, -0.05) is 36.4 Å². The molecule has 142 valence electrons. The zero-order chi connectivity index (χ0) is 20.4. The van der Waals surface area contributed by atoms with Crippen LogP contribution in [0.15, 0.2) is 73.1 Å². The Kier molecular flexibility index (Phi) is 4.75. The number of hydrogen-bond acceptors (Lipinski definition) is 3. The third-order valence-corrected chi connectivity index (χ3v) is 4.56.